The van der Waals surface area contributed by atoms with Gasteiger partial charge in [-0.1, -0.05) is 50.5 Å². The maximum atomic E-state index is 10.5. The molecule has 0 aromatic heterocycles. The van der Waals surface area contributed by atoms with E-state index in [0.29, 0.717) is 22.7 Å². The Morgan fingerprint density at radius 1 is 1.03 bits per heavy atom. The monoisotopic (exact) mass is 412 g/mol. The van der Waals surface area contributed by atoms with Crippen molar-refractivity contribution in [3.05, 3.63) is 22.8 Å². The fourth-order valence-corrected chi connectivity index (χ4v) is 8.82. The molecule has 0 amide bonds. The fraction of sp³-hybridized carbons (Fsp3) is 0.862. The normalized spacial score (nSPS) is 46.3. The van der Waals surface area contributed by atoms with Crippen molar-refractivity contribution >= 4 is 0 Å². The second-order valence-corrected chi connectivity index (χ2v) is 12.6. The molecule has 4 rings (SSSR count). The zero-order valence-electron chi connectivity index (χ0n) is 20.9. The molecule has 4 aliphatic rings. The Hall–Kier alpha value is -0.560. The van der Waals surface area contributed by atoms with Crippen LogP contribution in [0.25, 0.3) is 0 Å². The van der Waals surface area contributed by atoms with Crippen LogP contribution < -0.4 is 0 Å². The third kappa shape index (κ3) is 3.46. The van der Waals surface area contributed by atoms with Crippen LogP contribution in [-0.4, -0.2) is 11.2 Å². The van der Waals surface area contributed by atoms with Gasteiger partial charge >= 0.3 is 0 Å². The summed E-state index contributed by atoms with van der Waals surface area (Å²) in [6.45, 7) is 17.0. The number of fused-ring (bicyclic) bond motifs is 5. The standard InChI is InChI=1S/C29H48O/c1-18(2)19(3)8-9-20(4)23-12-13-25-22-10-11-24-21(5)27(30)15-17-29(24,7)26(22)14-16-28(23,25)6/h10,20-21,23-27,30H,8-9,11-17H2,1-7H3/t20-,21+,23-,24+,25+,26+,27+,28-,29+/m1/s1. The molecule has 0 heterocycles. The van der Waals surface area contributed by atoms with E-state index in [0.717, 1.165) is 30.1 Å². The molecule has 0 spiro atoms. The summed E-state index contributed by atoms with van der Waals surface area (Å²) in [5.41, 5.74) is 5.92. The highest BCUT2D eigenvalue weighted by Gasteiger charge is 2.59. The van der Waals surface area contributed by atoms with Gasteiger partial charge in [0, 0.05) is 0 Å². The Bertz CT molecular complexity index is 712. The summed E-state index contributed by atoms with van der Waals surface area (Å²) in [7, 11) is 0. The van der Waals surface area contributed by atoms with Crippen LogP contribution in [0.1, 0.15) is 106 Å². The molecular formula is C29H48O. The number of aliphatic hydroxyl groups is 1. The molecule has 0 aliphatic heterocycles. The number of aliphatic hydroxyl groups excluding tert-OH is 1. The van der Waals surface area contributed by atoms with Crippen molar-refractivity contribution in [3.8, 4) is 0 Å². The van der Waals surface area contributed by atoms with E-state index < -0.39 is 0 Å². The second kappa shape index (κ2) is 8.09. The minimum atomic E-state index is -0.0761. The van der Waals surface area contributed by atoms with Crippen LogP contribution in [0.3, 0.4) is 0 Å². The van der Waals surface area contributed by atoms with Gasteiger partial charge in [0.1, 0.15) is 0 Å². The molecule has 9 atom stereocenters. The molecule has 0 aromatic rings. The van der Waals surface area contributed by atoms with Crippen LogP contribution in [0.4, 0.5) is 0 Å². The Labute approximate surface area is 186 Å². The van der Waals surface area contributed by atoms with Crippen LogP contribution in [0.2, 0.25) is 0 Å². The lowest BCUT2D eigenvalue weighted by Crippen LogP contribution is -2.52. The van der Waals surface area contributed by atoms with Gasteiger partial charge in [0.25, 0.3) is 0 Å². The first-order valence-corrected chi connectivity index (χ1v) is 13.1. The highest BCUT2D eigenvalue weighted by atomic mass is 16.3. The summed E-state index contributed by atoms with van der Waals surface area (Å²) < 4.78 is 0. The van der Waals surface area contributed by atoms with E-state index in [2.05, 4.69) is 54.5 Å². The summed E-state index contributed by atoms with van der Waals surface area (Å²) in [4.78, 5) is 0. The molecule has 0 radical (unpaired) electrons. The second-order valence-electron chi connectivity index (χ2n) is 12.6. The zero-order chi connectivity index (χ0) is 21.8. The van der Waals surface area contributed by atoms with E-state index >= 15 is 0 Å². The van der Waals surface area contributed by atoms with Crippen molar-refractivity contribution in [2.45, 2.75) is 112 Å². The van der Waals surface area contributed by atoms with Crippen LogP contribution in [-0.2, 0) is 0 Å². The lowest BCUT2D eigenvalue weighted by Gasteiger charge is -2.59. The molecule has 0 unspecified atom stereocenters. The minimum Gasteiger partial charge on any atom is -0.393 e. The van der Waals surface area contributed by atoms with Gasteiger partial charge < -0.3 is 5.11 Å². The smallest absolute Gasteiger partial charge is 0.0568 e. The average molecular weight is 413 g/mol. The fourth-order valence-electron chi connectivity index (χ4n) is 8.82. The lowest BCUT2D eigenvalue weighted by atomic mass is 9.46. The highest BCUT2D eigenvalue weighted by Crippen LogP contribution is 2.67. The van der Waals surface area contributed by atoms with Gasteiger partial charge in [0.2, 0.25) is 0 Å². The first-order chi connectivity index (χ1) is 14.1. The summed E-state index contributed by atoms with van der Waals surface area (Å²) in [5, 5.41) is 10.5. The minimum absolute atomic E-state index is 0.0761. The lowest BCUT2D eigenvalue weighted by molar-refractivity contribution is -0.0773. The maximum Gasteiger partial charge on any atom is 0.0568 e. The van der Waals surface area contributed by atoms with E-state index in [1.54, 1.807) is 5.57 Å². The quantitative estimate of drug-likeness (QED) is 0.464. The van der Waals surface area contributed by atoms with E-state index in [9.17, 15) is 5.11 Å². The van der Waals surface area contributed by atoms with Crippen LogP contribution in [0.15, 0.2) is 22.8 Å². The van der Waals surface area contributed by atoms with Gasteiger partial charge in [-0.2, -0.15) is 0 Å². The van der Waals surface area contributed by atoms with Crippen molar-refractivity contribution in [1.82, 2.24) is 0 Å². The third-order valence-electron chi connectivity index (χ3n) is 11.2. The molecule has 0 saturated heterocycles. The van der Waals surface area contributed by atoms with Crippen LogP contribution >= 0.6 is 0 Å². The SMILES string of the molecule is CC(C)=C(C)CC[C@@H](C)[C@H]1CC[C@H]2C3=CC[C@H]4[C@H](C)[C@@H](O)CC[C@]4(C)[C@H]3CC[C@]12C. The molecule has 3 saturated carbocycles. The molecule has 0 aromatic carbocycles. The van der Waals surface area contributed by atoms with Gasteiger partial charge in [-0.25, -0.2) is 0 Å². The third-order valence-corrected chi connectivity index (χ3v) is 11.2. The van der Waals surface area contributed by atoms with E-state index in [1.807, 2.05) is 5.57 Å². The van der Waals surface area contributed by atoms with Crippen molar-refractivity contribution < 1.29 is 5.11 Å². The summed E-state index contributed by atoms with van der Waals surface area (Å²) >= 11 is 0. The van der Waals surface area contributed by atoms with E-state index in [-0.39, 0.29) is 6.10 Å². The average Bonchev–Trinajstić information content (AvgIpc) is 3.06. The number of rotatable bonds is 4. The molecule has 0 bridgehead atoms. The molecule has 1 nitrogen and oxygen atoms in total. The molecular weight excluding hydrogens is 364 g/mol. The van der Waals surface area contributed by atoms with Crippen LogP contribution in [0.5, 0.6) is 0 Å². The van der Waals surface area contributed by atoms with E-state index in [4.69, 9.17) is 0 Å². The topological polar surface area (TPSA) is 20.2 Å². The molecule has 4 aliphatic carbocycles. The van der Waals surface area contributed by atoms with Crippen LogP contribution in [0, 0.1) is 46.3 Å². The maximum absolute atomic E-state index is 10.5. The Kier molecular flexibility index (Phi) is 6.10. The van der Waals surface area contributed by atoms with Gasteiger partial charge in [-0.05, 0) is 125 Å². The van der Waals surface area contributed by atoms with Gasteiger partial charge in [0.05, 0.1) is 6.10 Å². The zero-order valence-corrected chi connectivity index (χ0v) is 20.9. The van der Waals surface area contributed by atoms with Gasteiger partial charge in [0.15, 0.2) is 0 Å². The highest BCUT2D eigenvalue weighted by molar-refractivity contribution is 5.28. The predicted molar refractivity (Wildman–Crippen MR) is 128 cm³/mol. The van der Waals surface area contributed by atoms with Crippen molar-refractivity contribution in [3.63, 3.8) is 0 Å². The first kappa shape index (κ1) is 22.6. The molecule has 3 fully saturated rings. The Morgan fingerprint density at radius 2 is 1.70 bits per heavy atom. The largest absolute Gasteiger partial charge is 0.393 e. The first-order valence-electron chi connectivity index (χ1n) is 13.1. The Balaban J connectivity index is 1.54. The number of hydrogen-bond acceptors (Lipinski definition) is 1. The Morgan fingerprint density at radius 3 is 2.40 bits per heavy atom. The van der Waals surface area contributed by atoms with Crippen molar-refractivity contribution in [2.75, 3.05) is 0 Å². The van der Waals surface area contributed by atoms with Crippen molar-refractivity contribution in [2.24, 2.45) is 46.3 Å². The number of allylic oxidation sites excluding steroid dienone is 4. The summed E-state index contributed by atoms with van der Waals surface area (Å²) in [6.07, 6.45) is 14.4. The van der Waals surface area contributed by atoms with Crippen molar-refractivity contribution in [1.29, 1.82) is 0 Å². The molecule has 1 N–H and O–H groups in total. The molecule has 1 heteroatoms. The summed E-state index contributed by atoms with van der Waals surface area (Å²) in [5.74, 6) is 4.49. The van der Waals surface area contributed by atoms with Gasteiger partial charge in [-0.15, -0.1) is 0 Å². The molecule has 30 heavy (non-hydrogen) atoms. The van der Waals surface area contributed by atoms with Gasteiger partial charge in [-0.3, -0.25) is 0 Å². The van der Waals surface area contributed by atoms with E-state index in [1.165, 1.54) is 56.9 Å². The predicted octanol–water partition coefficient (Wildman–Crippen LogP) is 7.94. The summed E-state index contributed by atoms with van der Waals surface area (Å²) in [6, 6.07) is 0. The molecule has 170 valence electrons. The number of hydrogen-bond donors (Lipinski definition) is 1.